The first-order chi connectivity index (χ1) is 10.4. The van der Waals surface area contributed by atoms with Gasteiger partial charge in [-0.3, -0.25) is 9.59 Å². The third kappa shape index (κ3) is 3.30. The number of nitrogens with one attached hydrogen (secondary N) is 1. The van der Waals surface area contributed by atoms with E-state index in [1.165, 1.54) is 0 Å². The lowest BCUT2D eigenvalue weighted by Gasteiger charge is -2.27. The summed E-state index contributed by atoms with van der Waals surface area (Å²) in [4.78, 5) is 24.0. The van der Waals surface area contributed by atoms with E-state index in [1.54, 1.807) is 31.2 Å². The Bertz CT molecular complexity index is 539. The van der Waals surface area contributed by atoms with Crippen molar-refractivity contribution < 1.29 is 19.4 Å². The number of carbonyl (C=O) groups is 2. The normalized spacial score (nSPS) is 18.3. The van der Waals surface area contributed by atoms with Crippen LogP contribution >= 0.6 is 0 Å². The highest BCUT2D eigenvalue weighted by atomic mass is 16.5. The van der Waals surface area contributed by atoms with Crippen molar-refractivity contribution in [2.24, 2.45) is 5.41 Å². The van der Waals surface area contributed by atoms with Gasteiger partial charge in [0.1, 0.15) is 5.41 Å². The van der Waals surface area contributed by atoms with Gasteiger partial charge in [0.15, 0.2) is 0 Å². The smallest absolute Gasteiger partial charge is 0.315 e. The Morgan fingerprint density at radius 1 is 1.32 bits per heavy atom. The quantitative estimate of drug-likeness (QED) is 0.770. The Labute approximate surface area is 130 Å². The van der Waals surface area contributed by atoms with Crippen molar-refractivity contribution in [1.82, 2.24) is 5.32 Å². The Morgan fingerprint density at radius 3 is 2.45 bits per heavy atom. The molecule has 120 valence electrons. The van der Waals surface area contributed by atoms with Gasteiger partial charge in [0, 0.05) is 13.2 Å². The van der Waals surface area contributed by atoms with Crippen molar-refractivity contribution in [3.05, 3.63) is 35.9 Å². The van der Waals surface area contributed by atoms with E-state index >= 15 is 0 Å². The van der Waals surface area contributed by atoms with Gasteiger partial charge in [-0.15, -0.1) is 0 Å². The highest BCUT2D eigenvalue weighted by molar-refractivity contribution is 5.87. The van der Waals surface area contributed by atoms with Crippen molar-refractivity contribution in [2.45, 2.75) is 32.1 Å². The first kappa shape index (κ1) is 16.5. The van der Waals surface area contributed by atoms with Gasteiger partial charge in [-0.25, -0.2) is 0 Å². The molecule has 2 rings (SSSR count). The van der Waals surface area contributed by atoms with E-state index in [1.807, 2.05) is 13.0 Å². The van der Waals surface area contributed by atoms with Crippen LogP contribution in [0.25, 0.3) is 0 Å². The number of carboxylic acid groups (broad SMARTS) is 1. The highest BCUT2D eigenvalue weighted by Gasteiger charge is 2.50. The fourth-order valence-electron chi connectivity index (χ4n) is 2.44. The summed E-state index contributed by atoms with van der Waals surface area (Å²) in [5.74, 6) is -1.06. The van der Waals surface area contributed by atoms with E-state index in [0.29, 0.717) is 18.8 Å². The molecule has 1 aliphatic carbocycles. The molecule has 0 saturated heterocycles. The van der Waals surface area contributed by atoms with Gasteiger partial charge in [0.2, 0.25) is 5.91 Å². The minimum atomic E-state index is -1.14. The van der Waals surface area contributed by atoms with E-state index in [2.05, 4.69) is 5.32 Å². The predicted molar refractivity (Wildman–Crippen MR) is 82.6 cm³/mol. The fraction of sp³-hybridized carbons (Fsp3) is 0.529. The van der Waals surface area contributed by atoms with Gasteiger partial charge in [0.25, 0.3) is 0 Å². The average molecular weight is 305 g/mol. The molecule has 1 amide bonds. The molecule has 1 saturated carbocycles. The van der Waals surface area contributed by atoms with Crippen LogP contribution in [-0.4, -0.2) is 36.7 Å². The number of hydrogen-bond donors (Lipinski definition) is 2. The van der Waals surface area contributed by atoms with Gasteiger partial charge >= 0.3 is 5.97 Å². The van der Waals surface area contributed by atoms with Crippen LogP contribution in [0.4, 0.5) is 0 Å². The van der Waals surface area contributed by atoms with E-state index < -0.39 is 16.8 Å². The number of carbonyl (C=O) groups excluding carboxylic acids is 1. The van der Waals surface area contributed by atoms with Gasteiger partial charge in [-0.1, -0.05) is 30.3 Å². The van der Waals surface area contributed by atoms with Crippen molar-refractivity contribution in [3.63, 3.8) is 0 Å². The lowest BCUT2D eigenvalue weighted by molar-refractivity contribution is -0.143. The van der Waals surface area contributed by atoms with Crippen LogP contribution in [0.5, 0.6) is 0 Å². The molecule has 1 aromatic carbocycles. The van der Waals surface area contributed by atoms with E-state index in [4.69, 9.17) is 4.74 Å². The summed E-state index contributed by atoms with van der Waals surface area (Å²) in [6, 6.07) is 8.98. The summed E-state index contributed by atoms with van der Waals surface area (Å²) in [5, 5.41) is 12.4. The van der Waals surface area contributed by atoms with Crippen LogP contribution in [0, 0.1) is 5.41 Å². The number of ether oxygens (including phenoxy) is 1. The molecular formula is C17H23NO4. The van der Waals surface area contributed by atoms with Crippen molar-refractivity contribution >= 4 is 11.9 Å². The molecule has 0 heterocycles. The number of benzene rings is 1. The molecule has 1 fully saturated rings. The number of hydrogen-bond acceptors (Lipinski definition) is 3. The molecule has 0 radical (unpaired) electrons. The summed E-state index contributed by atoms with van der Waals surface area (Å²) in [5.41, 5.74) is -0.914. The number of aliphatic carboxylic acids is 1. The van der Waals surface area contributed by atoms with Gasteiger partial charge in [0.05, 0.1) is 12.0 Å². The van der Waals surface area contributed by atoms with Crippen LogP contribution < -0.4 is 5.32 Å². The Morgan fingerprint density at radius 2 is 1.95 bits per heavy atom. The standard InChI is InChI=1S/C17H23NO4/c1-3-22-12-17(9-10-17)14(19)18-11-16(2,15(20)21)13-7-5-4-6-8-13/h4-8H,3,9-12H2,1-2H3,(H,18,19)(H,20,21). The zero-order chi connectivity index (χ0) is 16.2. The maximum absolute atomic E-state index is 12.3. The molecule has 0 aromatic heterocycles. The van der Waals surface area contributed by atoms with Crippen LogP contribution in [0.2, 0.25) is 0 Å². The summed E-state index contributed by atoms with van der Waals surface area (Å²) in [6.45, 7) is 4.58. The molecule has 0 aliphatic heterocycles. The van der Waals surface area contributed by atoms with Crippen LogP contribution in [0.15, 0.2) is 30.3 Å². The molecule has 1 atom stereocenters. The zero-order valence-electron chi connectivity index (χ0n) is 13.1. The van der Waals surface area contributed by atoms with E-state index in [-0.39, 0.29) is 12.5 Å². The average Bonchev–Trinajstić information content (AvgIpc) is 3.32. The second-order valence-electron chi connectivity index (χ2n) is 6.10. The minimum absolute atomic E-state index is 0.0685. The predicted octanol–water partition coefficient (Wildman–Crippen LogP) is 1.96. The summed E-state index contributed by atoms with van der Waals surface area (Å²) in [6.07, 6.45) is 1.60. The number of carboxylic acids is 1. The molecular weight excluding hydrogens is 282 g/mol. The lowest BCUT2D eigenvalue weighted by Crippen LogP contribution is -2.47. The third-order valence-electron chi connectivity index (χ3n) is 4.40. The Kier molecular flexibility index (Phi) is 4.86. The topological polar surface area (TPSA) is 75.6 Å². The highest BCUT2D eigenvalue weighted by Crippen LogP contribution is 2.46. The second-order valence-corrected chi connectivity index (χ2v) is 6.10. The molecule has 2 N–H and O–H groups in total. The Balaban J connectivity index is 2.04. The summed E-state index contributed by atoms with van der Waals surface area (Å²) >= 11 is 0. The lowest BCUT2D eigenvalue weighted by atomic mass is 9.82. The van der Waals surface area contributed by atoms with Crippen LogP contribution in [-0.2, 0) is 19.7 Å². The molecule has 0 spiro atoms. The maximum atomic E-state index is 12.3. The minimum Gasteiger partial charge on any atom is -0.481 e. The summed E-state index contributed by atoms with van der Waals surface area (Å²) < 4.78 is 5.37. The van der Waals surface area contributed by atoms with Crippen molar-refractivity contribution in [2.75, 3.05) is 19.8 Å². The SMILES string of the molecule is CCOCC1(C(=O)NCC(C)(C(=O)O)c2ccccc2)CC1. The molecule has 5 heteroatoms. The third-order valence-corrected chi connectivity index (χ3v) is 4.40. The van der Waals surface area contributed by atoms with Crippen LogP contribution in [0.3, 0.4) is 0 Å². The monoisotopic (exact) mass is 305 g/mol. The van der Waals surface area contributed by atoms with E-state index in [0.717, 1.165) is 12.8 Å². The van der Waals surface area contributed by atoms with Gasteiger partial charge < -0.3 is 15.2 Å². The maximum Gasteiger partial charge on any atom is 0.315 e. The summed E-state index contributed by atoms with van der Waals surface area (Å²) in [7, 11) is 0. The molecule has 1 aliphatic rings. The van der Waals surface area contributed by atoms with Crippen molar-refractivity contribution in [3.8, 4) is 0 Å². The largest absolute Gasteiger partial charge is 0.481 e. The van der Waals surface area contributed by atoms with Gasteiger partial charge in [-0.2, -0.15) is 0 Å². The first-order valence-electron chi connectivity index (χ1n) is 7.59. The Hall–Kier alpha value is -1.88. The van der Waals surface area contributed by atoms with E-state index in [9.17, 15) is 14.7 Å². The number of amides is 1. The second kappa shape index (κ2) is 6.48. The molecule has 1 unspecified atom stereocenters. The van der Waals surface area contributed by atoms with Crippen LogP contribution in [0.1, 0.15) is 32.3 Å². The molecule has 0 bridgehead atoms. The molecule has 22 heavy (non-hydrogen) atoms. The van der Waals surface area contributed by atoms with Gasteiger partial charge in [-0.05, 0) is 32.3 Å². The molecule has 1 aromatic rings. The number of rotatable bonds is 8. The van der Waals surface area contributed by atoms with Crippen molar-refractivity contribution in [1.29, 1.82) is 0 Å². The fourth-order valence-corrected chi connectivity index (χ4v) is 2.44. The first-order valence-corrected chi connectivity index (χ1v) is 7.59. The molecule has 5 nitrogen and oxygen atoms in total. The zero-order valence-corrected chi connectivity index (χ0v) is 13.1.